The first-order chi connectivity index (χ1) is 8.09. The van der Waals surface area contributed by atoms with E-state index in [1.807, 2.05) is 0 Å². The van der Waals surface area contributed by atoms with E-state index in [4.69, 9.17) is 4.74 Å². The molecule has 0 unspecified atom stereocenters. The van der Waals surface area contributed by atoms with Crippen LogP contribution >= 0.6 is 0 Å². The number of benzene rings is 1. The summed E-state index contributed by atoms with van der Waals surface area (Å²) in [5.74, 6) is 0.221. The lowest BCUT2D eigenvalue weighted by molar-refractivity contribution is -0.0711. The normalized spacial score (nSPS) is 17.6. The number of ether oxygens (including phenoxy) is 2. The van der Waals surface area contributed by atoms with Crippen molar-refractivity contribution < 1.29 is 23.4 Å². The Morgan fingerprint density at radius 2 is 1.88 bits per heavy atom. The molecule has 1 aliphatic rings. The molecule has 1 fully saturated rings. The Hall–Kier alpha value is -1.36. The molecule has 0 saturated heterocycles. The van der Waals surface area contributed by atoms with Crippen molar-refractivity contribution in [1.82, 2.24) is 0 Å². The highest BCUT2D eigenvalue weighted by Gasteiger charge is 2.35. The summed E-state index contributed by atoms with van der Waals surface area (Å²) in [6.07, 6.45) is 2.34. The van der Waals surface area contributed by atoms with Crippen LogP contribution in [0, 0.1) is 0 Å². The van der Waals surface area contributed by atoms with Gasteiger partial charge in [-0.3, -0.25) is 0 Å². The maximum absolute atomic E-state index is 12.1. The molecule has 1 aromatic rings. The van der Waals surface area contributed by atoms with Crippen molar-refractivity contribution in [2.45, 2.75) is 31.5 Å². The van der Waals surface area contributed by atoms with Crippen LogP contribution in [0.4, 0.5) is 8.78 Å². The van der Waals surface area contributed by atoms with Gasteiger partial charge in [0.05, 0.1) is 5.60 Å². The Morgan fingerprint density at radius 3 is 2.41 bits per heavy atom. The summed E-state index contributed by atoms with van der Waals surface area (Å²) in [5, 5.41) is 9.83. The van der Waals surface area contributed by atoms with Crippen LogP contribution < -0.4 is 9.47 Å². The largest absolute Gasteiger partial charge is 0.487 e. The molecule has 2 rings (SSSR count). The topological polar surface area (TPSA) is 38.7 Å². The predicted octanol–water partition coefficient (Wildman–Crippen LogP) is 2.58. The molecule has 94 valence electrons. The van der Waals surface area contributed by atoms with Crippen LogP contribution in [0.2, 0.25) is 0 Å². The van der Waals surface area contributed by atoms with Gasteiger partial charge in [-0.2, -0.15) is 8.78 Å². The van der Waals surface area contributed by atoms with Crippen molar-refractivity contribution in [1.29, 1.82) is 0 Å². The minimum absolute atomic E-state index is 0.00887. The molecule has 17 heavy (non-hydrogen) atoms. The van der Waals surface area contributed by atoms with Gasteiger partial charge in [0.1, 0.15) is 6.61 Å². The zero-order valence-electron chi connectivity index (χ0n) is 9.23. The van der Waals surface area contributed by atoms with E-state index < -0.39 is 12.2 Å². The molecular weight excluding hydrogens is 230 g/mol. The first-order valence-corrected chi connectivity index (χ1v) is 5.48. The fourth-order valence-corrected chi connectivity index (χ4v) is 1.70. The SMILES string of the molecule is OC1(COc2ccccc2OC(F)F)CCC1. The number of para-hydroxylation sites is 2. The number of alkyl halides is 2. The third-order valence-corrected chi connectivity index (χ3v) is 2.85. The van der Waals surface area contributed by atoms with Crippen molar-refractivity contribution in [3.8, 4) is 11.5 Å². The Labute approximate surface area is 98.0 Å². The summed E-state index contributed by atoms with van der Waals surface area (Å²) >= 11 is 0. The molecule has 0 radical (unpaired) electrons. The minimum Gasteiger partial charge on any atom is -0.487 e. The van der Waals surface area contributed by atoms with Crippen LogP contribution in [-0.4, -0.2) is 23.9 Å². The third kappa shape index (κ3) is 3.06. The molecule has 5 heteroatoms. The van der Waals surface area contributed by atoms with Crippen molar-refractivity contribution in [2.24, 2.45) is 0 Å². The Bertz CT molecular complexity index is 378. The smallest absolute Gasteiger partial charge is 0.387 e. The molecule has 0 heterocycles. The maximum Gasteiger partial charge on any atom is 0.387 e. The van der Waals surface area contributed by atoms with Crippen LogP contribution in [0.3, 0.4) is 0 Å². The van der Waals surface area contributed by atoms with Crippen LogP contribution in [-0.2, 0) is 0 Å². The van der Waals surface area contributed by atoms with Gasteiger partial charge in [0.25, 0.3) is 0 Å². The lowest BCUT2D eigenvalue weighted by Crippen LogP contribution is -2.42. The van der Waals surface area contributed by atoms with Crippen LogP contribution in [0.25, 0.3) is 0 Å². The fraction of sp³-hybridized carbons (Fsp3) is 0.500. The standard InChI is InChI=1S/C12H14F2O3/c13-11(14)17-10-5-2-1-4-9(10)16-8-12(15)6-3-7-12/h1-2,4-5,11,15H,3,6-8H2. The van der Waals surface area contributed by atoms with Gasteiger partial charge >= 0.3 is 6.61 Å². The number of hydrogen-bond donors (Lipinski definition) is 1. The highest BCUT2D eigenvalue weighted by Crippen LogP contribution is 2.34. The summed E-state index contributed by atoms with van der Waals surface area (Å²) in [7, 11) is 0. The summed E-state index contributed by atoms with van der Waals surface area (Å²) in [6.45, 7) is -2.78. The van der Waals surface area contributed by atoms with Crippen LogP contribution in [0.5, 0.6) is 11.5 Å². The van der Waals surface area contributed by atoms with Crippen LogP contribution in [0.15, 0.2) is 24.3 Å². The molecule has 3 nitrogen and oxygen atoms in total. The molecule has 0 bridgehead atoms. The summed E-state index contributed by atoms with van der Waals surface area (Å²) in [5.41, 5.74) is -0.808. The number of halogens is 2. The van der Waals surface area contributed by atoms with E-state index in [9.17, 15) is 13.9 Å². The second-order valence-corrected chi connectivity index (χ2v) is 4.19. The predicted molar refractivity (Wildman–Crippen MR) is 57.4 cm³/mol. The van der Waals surface area contributed by atoms with E-state index in [1.54, 1.807) is 18.2 Å². The second-order valence-electron chi connectivity index (χ2n) is 4.19. The van der Waals surface area contributed by atoms with Crippen molar-refractivity contribution in [3.63, 3.8) is 0 Å². The zero-order chi connectivity index (χ0) is 12.3. The van der Waals surface area contributed by atoms with E-state index in [1.165, 1.54) is 6.07 Å². The molecule has 1 aromatic carbocycles. The average molecular weight is 244 g/mol. The average Bonchev–Trinajstić information content (AvgIpc) is 2.25. The lowest BCUT2D eigenvalue weighted by Gasteiger charge is -2.36. The summed E-state index contributed by atoms with van der Waals surface area (Å²) in [4.78, 5) is 0. The first-order valence-electron chi connectivity index (χ1n) is 5.48. The van der Waals surface area contributed by atoms with Crippen molar-refractivity contribution in [3.05, 3.63) is 24.3 Å². The Balaban J connectivity index is 1.99. The fourth-order valence-electron chi connectivity index (χ4n) is 1.70. The van der Waals surface area contributed by atoms with Gasteiger partial charge in [0, 0.05) is 0 Å². The second kappa shape index (κ2) is 4.87. The molecule has 0 aliphatic heterocycles. The van der Waals surface area contributed by atoms with E-state index in [-0.39, 0.29) is 18.1 Å². The van der Waals surface area contributed by atoms with Gasteiger partial charge in [-0.15, -0.1) is 0 Å². The van der Waals surface area contributed by atoms with E-state index >= 15 is 0 Å². The quantitative estimate of drug-likeness (QED) is 0.865. The van der Waals surface area contributed by atoms with E-state index in [0.717, 1.165) is 6.42 Å². The monoisotopic (exact) mass is 244 g/mol. The third-order valence-electron chi connectivity index (χ3n) is 2.85. The molecule has 0 atom stereocenters. The van der Waals surface area contributed by atoms with Crippen LogP contribution in [0.1, 0.15) is 19.3 Å². The number of rotatable bonds is 5. The number of aliphatic hydroxyl groups is 1. The van der Waals surface area contributed by atoms with Gasteiger partial charge in [0.2, 0.25) is 0 Å². The molecule has 1 aliphatic carbocycles. The highest BCUT2D eigenvalue weighted by atomic mass is 19.3. The van der Waals surface area contributed by atoms with E-state index in [0.29, 0.717) is 12.8 Å². The molecule has 0 amide bonds. The van der Waals surface area contributed by atoms with Gasteiger partial charge in [-0.05, 0) is 31.4 Å². The highest BCUT2D eigenvalue weighted by molar-refractivity contribution is 5.39. The summed E-state index contributed by atoms with van der Waals surface area (Å²) in [6, 6.07) is 6.20. The van der Waals surface area contributed by atoms with Gasteiger partial charge in [-0.25, -0.2) is 0 Å². The summed E-state index contributed by atoms with van der Waals surface area (Å²) < 4.78 is 33.9. The first kappa shape index (κ1) is 12.1. The van der Waals surface area contributed by atoms with Crippen molar-refractivity contribution in [2.75, 3.05) is 6.61 Å². The maximum atomic E-state index is 12.1. The van der Waals surface area contributed by atoms with Gasteiger partial charge in [0.15, 0.2) is 11.5 Å². The van der Waals surface area contributed by atoms with Gasteiger partial charge in [-0.1, -0.05) is 12.1 Å². The molecular formula is C12H14F2O3. The molecule has 1 N–H and O–H groups in total. The lowest BCUT2D eigenvalue weighted by atomic mass is 9.81. The number of hydrogen-bond acceptors (Lipinski definition) is 3. The Kier molecular flexibility index (Phi) is 3.47. The Morgan fingerprint density at radius 1 is 1.24 bits per heavy atom. The van der Waals surface area contributed by atoms with Gasteiger partial charge < -0.3 is 14.6 Å². The van der Waals surface area contributed by atoms with E-state index in [2.05, 4.69) is 4.74 Å². The molecule has 0 aromatic heterocycles. The molecule has 1 saturated carbocycles. The van der Waals surface area contributed by atoms with Crippen molar-refractivity contribution >= 4 is 0 Å². The minimum atomic E-state index is -2.88. The molecule has 0 spiro atoms. The zero-order valence-corrected chi connectivity index (χ0v) is 9.23.